The summed E-state index contributed by atoms with van der Waals surface area (Å²) < 4.78 is 0. The Morgan fingerprint density at radius 2 is 2.00 bits per heavy atom. The second-order valence-corrected chi connectivity index (χ2v) is 6.92. The largest absolute Gasteiger partial charge is 0.351 e. The third-order valence-corrected chi connectivity index (χ3v) is 5.40. The Morgan fingerprint density at radius 1 is 1.18 bits per heavy atom. The molecule has 0 aliphatic carbocycles. The number of thiophene rings is 1. The van der Waals surface area contributed by atoms with Gasteiger partial charge < -0.3 is 5.32 Å². The van der Waals surface area contributed by atoms with Gasteiger partial charge in [-0.1, -0.05) is 36.4 Å². The van der Waals surface area contributed by atoms with Crippen LogP contribution in [0.3, 0.4) is 0 Å². The van der Waals surface area contributed by atoms with Gasteiger partial charge in [0.25, 0.3) is 5.91 Å². The summed E-state index contributed by atoms with van der Waals surface area (Å²) in [6.45, 7) is 2.54. The fourth-order valence-corrected chi connectivity index (χ4v) is 3.84. The Balaban J connectivity index is 1.66. The van der Waals surface area contributed by atoms with Crippen molar-refractivity contribution >= 4 is 28.6 Å². The third kappa shape index (κ3) is 3.43. The number of rotatable bonds is 5. The SMILES string of the molecule is Cc1nc(-c2ccccc2)sc1C(=O)NCCc1cccs1. The fraction of sp³-hybridized carbons (Fsp3) is 0.176. The van der Waals surface area contributed by atoms with Crippen LogP contribution in [0.1, 0.15) is 20.2 Å². The molecule has 1 aromatic carbocycles. The number of hydrogen-bond acceptors (Lipinski definition) is 4. The quantitative estimate of drug-likeness (QED) is 0.764. The molecule has 1 amide bonds. The van der Waals surface area contributed by atoms with Crippen molar-refractivity contribution in [2.45, 2.75) is 13.3 Å². The van der Waals surface area contributed by atoms with E-state index in [1.807, 2.05) is 43.3 Å². The minimum Gasteiger partial charge on any atom is -0.351 e. The monoisotopic (exact) mass is 328 g/mol. The molecule has 3 nitrogen and oxygen atoms in total. The summed E-state index contributed by atoms with van der Waals surface area (Å²) in [5, 5.41) is 5.92. The highest BCUT2D eigenvalue weighted by atomic mass is 32.1. The molecule has 0 spiro atoms. The van der Waals surface area contributed by atoms with Crippen molar-refractivity contribution < 1.29 is 4.79 Å². The predicted molar refractivity (Wildman–Crippen MR) is 92.6 cm³/mol. The molecular formula is C17H16N2OS2. The molecule has 0 aliphatic heterocycles. The van der Waals surface area contributed by atoms with Crippen LogP contribution in [-0.2, 0) is 6.42 Å². The summed E-state index contributed by atoms with van der Waals surface area (Å²) in [6.07, 6.45) is 0.868. The van der Waals surface area contributed by atoms with Crippen LogP contribution >= 0.6 is 22.7 Å². The van der Waals surface area contributed by atoms with E-state index < -0.39 is 0 Å². The van der Waals surface area contributed by atoms with E-state index in [4.69, 9.17) is 0 Å². The van der Waals surface area contributed by atoms with Gasteiger partial charge in [-0.15, -0.1) is 22.7 Å². The molecule has 0 atom stereocenters. The molecule has 1 N–H and O–H groups in total. The van der Waals surface area contributed by atoms with E-state index in [1.165, 1.54) is 16.2 Å². The molecule has 0 saturated heterocycles. The Hall–Kier alpha value is -1.98. The van der Waals surface area contributed by atoms with E-state index in [2.05, 4.69) is 21.7 Å². The minimum absolute atomic E-state index is 0.0336. The van der Waals surface area contributed by atoms with E-state index in [0.29, 0.717) is 11.4 Å². The third-order valence-electron chi connectivity index (χ3n) is 3.26. The maximum atomic E-state index is 12.3. The highest BCUT2D eigenvalue weighted by Crippen LogP contribution is 2.27. The van der Waals surface area contributed by atoms with Gasteiger partial charge in [0.05, 0.1) is 5.69 Å². The number of carbonyl (C=O) groups is 1. The van der Waals surface area contributed by atoms with Crippen LogP contribution in [-0.4, -0.2) is 17.4 Å². The molecule has 22 heavy (non-hydrogen) atoms. The first-order valence-corrected chi connectivity index (χ1v) is 8.77. The summed E-state index contributed by atoms with van der Waals surface area (Å²) in [5.74, 6) is -0.0336. The summed E-state index contributed by atoms with van der Waals surface area (Å²) >= 11 is 3.16. The lowest BCUT2D eigenvalue weighted by Gasteiger charge is -2.02. The van der Waals surface area contributed by atoms with Crippen LogP contribution in [0, 0.1) is 6.92 Å². The highest BCUT2D eigenvalue weighted by Gasteiger charge is 2.15. The van der Waals surface area contributed by atoms with Gasteiger partial charge in [-0.3, -0.25) is 4.79 Å². The first kappa shape index (κ1) is 14.9. The number of thiazole rings is 1. The van der Waals surface area contributed by atoms with Gasteiger partial charge in [0, 0.05) is 17.0 Å². The molecule has 5 heteroatoms. The van der Waals surface area contributed by atoms with Crippen LogP contribution in [0.5, 0.6) is 0 Å². The number of aromatic nitrogens is 1. The second kappa shape index (κ2) is 6.85. The van der Waals surface area contributed by atoms with Gasteiger partial charge in [-0.25, -0.2) is 4.98 Å². The number of amides is 1. The van der Waals surface area contributed by atoms with E-state index >= 15 is 0 Å². The number of carbonyl (C=O) groups excluding carboxylic acids is 1. The van der Waals surface area contributed by atoms with Crippen molar-refractivity contribution in [2.24, 2.45) is 0 Å². The van der Waals surface area contributed by atoms with Crippen molar-refractivity contribution in [1.29, 1.82) is 0 Å². The summed E-state index contributed by atoms with van der Waals surface area (Å²) in [7, 11) is 0. The molecule has 2 aromatic heterocycles. The zero-order valence-corrected chi connectivity index (χ0v) is 13.8. The Morgan fingerprint density at radius 3 is 2.73 bits per heavy atom. The topological polar surface area (TPSA) is 42.0 Å². The Labute approximate surface area is 137 Å². The summed E-state index contributed by atoms with van der Waals surface area (Å²) in [6, 6.07) is 14.1. The van der Waals surface area contributed by atoms with Crippen molar-refractivity contribution in [3.8, 4) is 10.6 Å². The van der Waals surface area contributed by atoms with Crippen molar-refractivity contribution in [3.05, 3.63) is 63.3 Å². The first-order valence-electron chi connectivity index (χ1n) is 7.07. The molecule has 0 unspecified atom stereocenters. The van der Waals surface area contributed by atoms with Crippen molar-refractivity contribution in [1.82, 2.24) is 10.3 Å². The second-order valence-electron chi connectivity index (χ2n) is 4.88. The van der Waals surface area contributed by atoms with Gasteiger partial charge >= 0.3 is 0 Å². The average molecular weight is 328 g/mol. The van der Waals surface area contributed by atoms with Gasteiger partial charge in [0.2, 0.25) is 0 Å². The number of hydrogen-bond donors (Lipinski definition) is 1. The normalized spacial score (nSPS) is 10.6. The van der Waals surface area contributed by atoms with Gasteiger partial charge in [0.1, 0.15) is 9.88 Å². The maximum Gasteiger partial charge on any atom is 0.263 e. The highest BCUT2D eigenvalue weighted by molar-refractivity contribution is 7.17. The smallest absolute Gasteiger partial charge is 0.263 e. The molecule has 0 aliphatic rings. The van der Waals surface area contributed by atoms with Crippen LogP contribution in [0.15, 0.2) is 47.8 Å². The summed E-state index contributed by atoms with van der Waals surface area (Å²) in [4.78, 5) is 18.8. The molecule has 112 valence electrons. The lowest BCUT2D eigenvalue weighted by atomic mass is 10.2. The standard InChI is InChI=1S/C17H16N2OS2/c1-12-15(16(20)18-10-9-14-8-5-11-21-14)22-17(19-12)13-6-3-2-4-7-13/h2-8,11H,9-10H2,1H3,(H,18,20). The lowest BCUT2D eigenvalue weighted by Crippen LogP contribution is -2.25. The number of aryl methyl sites for hydroxylation is 1. The Bertz CT molecular complexity index is 748. The van der Waals surface area contributed by atoms with Crippen LogP contribution < -0.4 is 5.32 Å². The minimum atomic E-state index is -0.0336. The van der Waals surface area contributed by atoms with E-state index in [9.17, 15) is 4.79 Å². The molecular weight excluding hydrogens is 312 g/mol. The van der Waals surface area contributed by atoms with Crippen LogP contribution in [0.25, 0.3) is 10.6 Å². The van der Waals surface area contributed by atoms with Gasteiger partial charge in [-0.05, 0) is 24.8 Å². The van der Waals surface area contributed by atoms with Gasteiger partial charge in [0.15, 0.2) is 0 Å². The lowest BCUT2D eigenvalue weighted by molar-refractivity contribution is 0.0957. The van der Waals surface area contributed by atoms with Crippen LogP contribution in [0.4, 0.5) is 0 Å². The molecule has 0 fully saturated rings. The van der Waals surface area contributed by atoms with Crippen molar-refractivity contribution in [2.75, 3.05) is 6.54 Å². The molecule has 3 rings (SSSR count). The summed E-state index contributed by atoms with van der Waals surface area (Å²) in [5.41, 5.74) is 1.84. The van der Waals surface area contributed by atoms with E-state index in [0.717, 1.165) is 22.7 Å². The van der Waals surface area contributed by atoms with E-state index in [1.54, 1.807) is 11.3 Å². The number of nitrogens with zero attached hydrogens (tertiary/aromatic N) is 1. The molecule has 2 heterocycles. The molecule has 0 saturated carbocycles. The molecule has 0 bridgehead atoms. The number of benzene rings is 1. The molecule has 0 radical (unpaired) electrons. The van der Waals surface area contributed by atoms with Crippen molar-refractivity contribution in [3.63, 3.8) is 0 Å². The van der Waals surface area contributed by atoms with Gasteiger partial charge in [-0.2, -0.15) is 0 Å². The fourth-order valence-electron chi connectivity index (χ4n) is 2.15. The average Bonchev–Trinajstić information content (AvgIpc) is 3.17. The molecule has 3 aromatic rings. The zero-order chi connectivity index (χ0) is 15.4. The van der Waals surface area contributed by atoms with Crippen LogP contribution in [0.2, 0.25) is 0 Å². The Kier molecular flexibility index (Phi) is 4.65. The van der Waals surface area contributed by atoms with E-state index in [-0.39, 0.29) is 5.91 Å². The zero-order valence-electron chi connectivity index (χ0n) is 12.2. The first-order chi connectivity index (χ1) is 10.7. The maximum absolute atomic E-state index is 12.3. The predicted octanol–water partition coefficient (Wildman–Crippen LogP) is 4.15. The number of nitrogens with one attached hydrogen (secondary N) is 1.